The maximum absolute atomic E-state index is 13.9. The van der Waals surface area contributed by atoms with Crippen molar-refractivity contribution in [3.8, 4) is 11.3 Å². The number of rotatable bonds is 7. The lowest BCUT2D eigenvalue weighted by Crippen LogP contribution is -2.36. The number of hydrogen-bond donors (Lipinski definition) is 0. The van der Waals surface area contributed by atoms with Gasteiger partial charge in [-0.2, -0.15) is 0 Å². The van der Waals surface area contributed by atoms with E-state index in [-0.39, 0.29) is 17.8 Å². The molecule has 4 nitrogen and oxygen atoms in total. The summed E-state index contributed by atoms with van der Waals surface area (Å²) in [6.45, 7) is 4.53. The summed E-state index contributed by atoms with van der Waals surface area (Å²) in [5, 5.41) is 0. The molecule has 2 heterocycles. The lowest BCUT2D eigenvalue weighted by atomic mass is 10.1. The summed E-state index contributed by atoms with van der Waals surface area (Å²) in [5.74, 6) is 0.882. The van der Waals surface area contributed by atoms with Crippen LogP contribution >= 0.6 is 0 Å². The minimum Gasteiger partial charge on any atom is -0.461 e. The number of amides is 1. The first-order valence-corrected chi connectivity index (χ1v) is 9.06. The Morgan fingerprint density at radius 3 is 2.67 bits per heavy atom. The minimum absolute atomic E-state index is 0.0534. The van der Waals surface area contributed by atoms with Gasteiger partial charge in [-0.25, -0.2) is 4.39 Å². The van der Waals surface area contributed by atoms with E-state index < -0.39 is 0 Å². The average molecular weight is 366 g/mol. The van der Waals surface area contributed by atoms with Crippen molar-refractivity contribution in [2.75, 3.05) is 0 Å². The Morgan fingerprint density at radius 1 is 1.15 bits per heavy atom. The molecule has 0 spiro atoms. The summed E-state index contributed by atoms with van der Waals surface area (Å²) in [6, 6.07) is 14.0. The van der Waals surface area contributed by atoms with Crippen molar-refractivity contribution in [2.45, 2.75) is 39.3 Å². The van der Waals surface area contributed by atoms with E-state index in [4.69, 9.17) is 4.42 Å². The molecule has 0 saturated heterocycles. The van der Waals surface area contributed by atoms with E-state index in [0.717, 1.165) is 5.56 Å². The highest BCUT2D eigenvalue weighted by Gasteiger charge is 2.18. The molecule has 5 heteroatoms. The quantitative estimate of drug-likeness (QED) is 0.600. The second kappa shape index (κ2) is 8.62. The molecule has 0 N–H and O–H groups in total. The number of halogens is 1. The zero-order valence-electron chi connectivity index (χ0n) is 15.6. The number of benzene rings is 1. The van der Waals surface area contributed by atoms with Gasteiger partial charge in [0.1, 0.15) is 17.3 Å². The molecule has 27 heavy (non-hydrogen) atoms. The van der Waals surface area contributed by atoms with Crippen molar-refractivity contribution in [1.29, 1.82) is 0 Å². The third kappa shape index (κ3) is 4.82. The summed E-state index contributed by atoms with van der Waals surface area (Å²) in [4.78, 5) is 18.6. The molecule has 0 bridgehead atoms. The topological polar surface area (TPSA) is 46.3 Å². The van der Waals surface area contributed by atoms with Gasteiger partial charge < -0.3 is 9.32 Å². The second-order valence-electron chi connectivity index (χ2n) is 6.72. The van der Waals surface area contributed by atoms with Crippen molar-refractivity contribution in [3.63, 3.8) is 0 Å². The summed E-state index contributed by atoms with van der Waals surface area (Å²) < 4.78 is 19.6. The SMILES string of the molecule is CC(C)N(Cc1cccnc1)C(=O)CCc1ccc(-c2ccccc2F)o1. The van der Waals surface area contributed by atoms with Gasteiger partial charge in [0.25, 0.3) is 0 Å². The van der Waals surface area contributed by atoms with Crippen LogP contribution in [0.2, 0.25) is 0 Å². The molecule has 0 aliphatic heterocycles. The molecular weight excluding hydrogens is 343 g/mol. The number of pyridine rings is 1. The fraction of sp³-hybridized carbons (Fsp3) is 0.273. The molecule has 0 aliphatic rings. The molecule has 0 unspecified atom stereocenters. The smallest absolute Gasteiger partial charge is 0.223 e. The molecule has 0 atom stereocenters. The van der Waals surface area contributed by atoms with Crippen LogP contribution in [0.1, 0.15) is 31.6 Å². The molecule has 0 aliphatic carbocycles. The molecule has 0 radical (unpaired) electrons. The van der Waals surface area contributed by atoms with Gasteiger partial charge >= 0.3 is 0 Å². The number of nitrogens with zero attached hydrogens (tertiary/aromatic N) is 2. The van der Waals surface area contributed by atoms with Crippen LogP contribution < -0.4 is 0 Å². The van der Waals surface area contributed by atoms with Gasteiger partial charge in [-0.3, -0.25) is 9.78 Å². The largest absolute Gasteiger partial charge is 0.461 e. The van der Waals surface area contributed by atoms with E-state index in [2.05, 4.69) is 4.98 Å². The molecule has 2 aromatic heterocycles. The minimum atomic E-state index is -0.322. The summed E-state index contributed by atoms with van der Waals surface area (Å²) >= 11 is 0. The Kier molecular flexibility index (Phi) is 6.01. The number of furan rings is 1. The molecular formula is C22H23FN2O2. The predicted octanol–water partition coefficient (Wildman–Crippen LogP) is 4.85. The number of hydrogen-bond acceptors (Lipinski definition) is 3. The highest BCUT2D eigenvalue weighted by molar-refractivity contribution is 5.76. The summed E-state index contributed by atoms with van der Waals surface area (Å²) in [7, 11) is 0. The molecule has 3 aromatic rings. The Bertz CT molecular complexity index is 890. The average Bonchev–Trinajstić information content (AvgIpc) is 3.14. The van der Waals surface area contributed by atoms with Crippen LogP contribution in [0.3, 0.4) is 0 Å². The first kappa shape index (κ1) is 18.8. The zero-order valence-corrected chi connectivity index (χ0v) is 15.6. The fourth-order valence-electron chi connectivity index (χ4n) is 2.94. The summed E-state index contributed by atoms with van der Waals surface area (Å²) in [6.07, 6.45) is 4.30. The van der Waals surface area contributed by atoms with Crippen LogP contribution in [0.5, 0.6) is 0 Å². The molecule has 3 rings (SSSR count). The second-order valence-corrected chi connectivity index (χ2v) is 6.72. The predicted molar refractivity (Wildman–Crippen MR) is 102 cm³/mol. The molecule has 1 amide bonds. The van der Waals surface area contributed by atoms with E-state index in [1.807, 2.05) is 30.9 Å². The van der Waals surface area contributed by atoms with Crippen molar-refractivity contribution < 1.29 is 13.6 Å². The van der Waals surface area contributed by atoms with Gasteiger partial charge in [0.15, 0.2) is 0 Å². The van der Waals surface area contributed by atoms with Crippen molar-refractivity contribution in [3.05, 3.63) is 78.1 Å². The third-order valence-corrected chi connectivity index (χ3v) is 4.41. The van der Waals surface area contributed by atoms with Gasteiger partial charge in [0.2, 0.25) is 5.91 Å². The van der Waals surface area contributed by atoms with Gasteiger partial charge in [0, 0.05) is 37.8 Å². The zero-order chi connectivity index (χ0) is 19.2. The molecule has 0 fully saturated rings. The van der Waals surface area contributed by atoms with E-state index >= 15 is 0 Å². The highest BCUT2D eigenvalue weighted by atomic mass is 19.1. The normalized spacial score (nSPS) is 11.0. The Hall–Kier alpha value is -2.95. The number of aryl methyl sites for hydroxylation is 1. The maximum Gasteiger partial charge on any atom is 0.223 e. The monoisotopic (exact) mass is 366 g/mol. The van der Waals surface area contributed by atoms with Crippen LogP contribution in [0, 0.1) is 5.82 Å². The van der Waals surface area contributed by atoms with Crippen LogP contribution in [0.25, 0.3) is 11.3 Å². The maximum atomic E-state index is 13.9. The first-order chi connectivity index (χ1) is 13.0. The number of aromatic nitrogens is 1. The van der Waals surface area contributed by atoms with Gasteiger partial charge in [0.05, 0.1) is 5.56 Å². The van der Waals surface area contributed by atoms with Crippen molar-refractivity contribution >= 4 is 5.91 Å². The van der Waals surface area contributed by atoms with E-state index in [9.17, 15) is 9.18 Å². The van der Waals surface area contributed by atoms with Crippen molar-refractivity contribution in [2.24, 2.45) is 0 Å². The Morgan fingerprint density at radius 2 is 1.96 bits per heavy atom. The Balaban J connectivity index is 1.63. The van der Waals surface area contributed by atoms with E-state index in [0.29, 0.717) is 36.5 Å². The lowest BCUT2D eigenvalue weighted by molar-refractivity contribution is -0.133. The first-order valence-electron chi connectivity index (χ1n) is 9.06. The molecule has 0 saturated carbocycles. The molecule has 1 aromatic carbocycles. The van der Waals surface area contributed by atoms with Crippen LogP contribution in [-0.4, -0.2) is 21.8 Å². The summed E-state index contributed by atoms with van der Waals surface area (Å²) in [5.41, 5.74) is 1.43. The van der Waals surface area contributed by atoms with E-state index in [1.54, 1.807) is 42.7 Å². The number of carbonyl (C=O) groups excluding carboxylic acids is 1. The van der Waals surface area contributed by atoms with Gasteiger partial charge in [-0.05, 0) is 49.7 Å². The lowest BCUT2D eigenvalue weighted by Gasteiger charge is -2.26. The third-order valence-electron chi connectivity index (χ3n) is 4.41. The van der Waals surface area contributed by atoms with Gasteiger partial charge in [-0.1, -0.05) is 18.2 Å². The van der Waals surface area contributed by atoms with Crippen LogP contribution in [0.15, 0.2) is 65.3 Å². The van der Waals surface area contributed by atoms with Crippen LogP contribution in [0.4, 0.5) is 4.39 Å². The number of carbonyl (C=O) groups is 1. The van der Waals surface area contributed by atoms with E-state index in [1.165, 1.54) is 6.07 Å². The van der Waals surface area contributed by atoms with Gasteiger partial charge in [-0.15, -0.1) is 0 Å². The van der Waals surface area contributed by atoms with Crippen molar-refractivity contribution in [1.82, 2.24) is 9.88 Å². The molecule has 140 valence electrons. The fourth-order valence-corrected chi connectivity index (χ4v) is 2.94. The standard InChI is InChI=1S/C22H23FN2O2/c1-16(2)25(15-17-6-5-13-24-14-17)22(26)12-10-18-9-11-21(27-18)19-7-3-4-8-20(19)23/h3-9,11,13-14,16H,10,12,15H2,1-2H3. The van der Waals surface area contributed by atoms with Crippen LogP contribution in [-0.2, 0) is 17.8 Å². The highest BCUT2D eigenvalue weighted by Crippen LogP contribution is 2.25. The Labute approximate surface area is 158 Å².